The van der Waals surface area contributed by atoms with Gasteiger partial charge in [0.15, 0.2) is 0 Å². The maximum atomic E-state index is 5.13. The molecule has 1 heterocycles. The van der Waals surface area contributed by atoms with Crippen molar-refractivity contribution in [1.82, 2.24) is 9.78 Å². The van der Waals surface area contributed by atoms with Gasteiger partial charge in [-0.1, -0.05) is 12.1 Å². The second kappa shape index (κ2) is 5.58. The molecule has 0 atom stereocenters. The zero-order chi connectivity index (χ0) is 13.0. The van der Waals surface area contributed by atoms with E-state index < -0.39 is 0 Å². The van der Waals surface area contributed by atoms with Crippen molar-refractivity contribution in [1.29, 1.82) is 0 Å². The van der Waals surface area contributed by atoms with Crippen LogP contribution in [0.1, 0.15) is 11.3 Å². The maximum Gasteiger partial charge on any atom is 0.148 e. The molecule has 0 amide bonds. The average molecular weight is 245 g/mol. The molecule has 1 aromatic carbocycles. The first-order valence-electron chi connectivity index (χ1n) is 6.06. The summed E-state index contributed by atoms with van der Waals surface area (Å²) in [6.07, 6.45) is 0.972. The molecule has 4 nitrogen and oxygen atoms in total. The maximum absolute atomic E-state index is 5.13. The van der Waals surface area contributed by atoms with Crippen molar-refractivity contribution >= 4 is 5.82 Å². The van der Waals surface area contributed by atoms with Crippen molar-refractivity contribution in [2.24, 2.45) is 7.05 Å². The molecule has 0 spiro atoms. The number of ether oxygens (including phenoxy) is 1. The van der Waals surface area contributed by atoms with E-state index in [1.807, 2.05) is 36.9 Å². The van der Waals surface area contributed by atoms with Crippen molar-refractivity contribution < 1.29 is 4.74 Å². The van der Waals surface area contributed by atoms with Gasteiger partial charge in [-0.05, 0) is 31.0 Å². The quantitative estimate of drug-likeness (QED) is 0.879. The van der Waals surface area contributed by atoms with Gasteiger partial charge in [-0.15, -0.1) is 0 Å². The first-order valence-corrected chi connectivity index (χ1v) is 6.06. The lowest BCUT2D eigenvalue weighted by molar-refractivity contribution is 0.414. The molecule has 0 saturated carbocycles. The third-order valence-electron chi connectivity index (χ3n) is 2.99. The highest BCUT2D eigenvalue weighted by molar-refractivity contribution is 5.36. The fourth-order valence-corrected chi connectivity index (χ4v) is 1.77. The van der Waals surface area contributed by atoms with Crippen LogP contribution in [-0.4, -0.2) is 23.4 Å². The largest absolute Gasteiger partial charge is 0.497 e. The zero-order valence-electron chi connectivity index (χ0n) is 11.1. The topological polar surface area (TPSA) is 39.1 Å². The summed E-state index contributed by atoms with van der Waals surface area (Å²) in [6, 6.07) is 10.2. The standard InChI is InChI=1S/C14H19N3O/c1-11-10-14(16-17(11)2)15-9-8-12-4-6-13(18-3)7-5-12/h4-7,10H,8-9H2,1-3H3,(H,15,16). The number of anilines is 1. The van der Waals surface area contributed by atoms with Gasteiger partial charge in [0.05, 0.1) is 7.11 Å². The van der Waals surface area contributed by atoms with Gasteiger partial charge >= 0.3 is 0 Å². The summed E-state index contributed by atoms with van der Waals surface area (Å²) in [7, 11) is 3.63. The highest BCUT2D eigenvalue weighted by Gasteiger charge is 2.00. The summed E-state index contributed by atoms with van der Waals surface area (Å²) in [5.41, 5.74) is 2.44. The van der Waals surface area contributed by atoms with Crippen molar-refractivity contribution in [3.8, 4) is 5.75 Å². The van der Waals surface area contributed by atoms with Gasteiger partial charge in [0, 0.05) is 25.4 Å². The minimum atomic E-state index is 0.878. The van der Waals surface area contributed by atoms with Crippen LogP contribution in [0, 0.1) is 6.92 Å². The van der Waals surface area contributed by atoms with E-state index >= 15 is 0 Å². The lowest BCUT2D eigenvalue weighted by Crippen LogP contribution is -2.05. The van der Waals surface area contributed by atoms with E-state index in [0.29, 0.717) is 0 Å². The number of nitrogens with one attached hydrogen (secondary N) is 1. The summed E-state index contributed by atoms with van der Waals surface area (Å²) in [5, 5.41) is 7.67. The molecule has 2 aromatic rings. The molecule has 0 radical (unpaired) electrons. The SMILES string of the molecule is COc1ccc(CCNc2cc(C)n(C)n2)cc1. The second-order valence-corrected chi connectivity index (χ2v) is 4.32. The lowest BCUT2D eigenvalue weighted by Gasteiger charge is -2.04. The molecule has 0 unspecified atom stereocenters. The zero-order valence-corrected chi connectivity index (χ0v) is 11.1. The van der Waals surface area contributed by atoms with E-state index in [1.165, 1.54) is 5.56 Å². The van der Waals surface area contributed by atoms with Crippen LogP contribution >= 0.6 is 0 Å². The van der Waals surface area contributed by atoms with Crippen LogP contribution in [0.15, 0.2) is 30.3 Å². The Hall–Kier alpha value is -1.97. The Labute approximate surface area is 108 Å². The number of hydrogen-bond acceptors (Lipinski definition) is 3. The minimum Gasteiger partial charge on any atom is -0.497 e. The summed E-state index contributed by atoms with van der Waals surface area (Å²) < 4.78 is 7.00. The van der Waals surface area contributed by atoms with E-state index in [9.17, 15) is 0 Å². The number of nitrogens with zero attached hydrogens (tertiary/aromatic N) is 2. The summed E-state index contributed by atoms with van der Waals surface area (Å²) in [6.45, 7) is 2.92. The van der Waals surface area contributed by atoms with E-state index in [2.05, 4.69) is 22.5 Å². The van der Waals surface area contributed by atoms with Gasteiger partial charge in [-0.3, -0.25) is 4.68 Å². The number of hydrogen-bond donors (Lipinski definition) is 1. The van der Waals surface area contributed by atoms with E-state index in [0.717, 1.165) is 30.2 Å². The van der Waals surface area contributed by atoms with Crippen LogP contribution < -0.4 is 10.1 Å². The van der Waals surface area contributed by atoms with Crippen LogP contribution in [0.4, 0.5) is 5.82 Å². The van der Waals surface area contributed by atoms with Crippen molar-refractivity contribution in [2.45, 2.75) is 13.3 Å². The number of rotatable bonds is 5. The van der Waals surface area contributed by atoms with E-state index in [4.69, 9.17) is 4.74 Å². The first-order chi connectivity index (χ1) is 8.69. The molecule has 2 rings (SSSR count). The molecule has 0 bridgehead atoms. The van der Waals surface area contributed by atoms with Gasteiger partial charge in [-0.25, -0.2) is 0 Å². The van der Waals surface area contributed by atoms with Crippen LogP contribution in [0.5, 0.6) is 5.75 Å². The average Bonchev–Trinajstić information content (AvgIpc) is 2.69. The monoisotopic (exact) mass is 245 g/mol. The van der Waals surface area contributed by atoms with Crippen LogP contribution in [0.2, 0.25) is 0 Å². The minimum absolute atomic E-state index is 0.878. The Bertz CT molecular complexity index is 483. The molecule has 0 aliphatic rings. The van der Waals surface area contributed by atoms with Gasteiger partial charge in [0.1, 0.15) is 11.6 Å². The Morgan fingerprint density at radius 1 is 1.28 bits per heavy atom. The molecule has 0 fully saturated rings. The van der Waals surface area contributed by atoms with Crippen molar-refractivity contribution in [3.63, 3.8) is 0 Å². The summed E-state index contributed by atoms with van der Waals surface area (Å²) >= 11 is 0. The smallest absolute Gasteiger partial charge is 0.148 e. The molecule has 1 aromatic heterocycles. The second-order valence-electron chi connectivity index (χ2n) is 4.32. The fourth-order valence-electron chi connectivity index (χ4n) is 1.77. The number of methoxy groups -OCH3 is 1. The third kappa shape index (κ3) is 3.03. The number of aryl methyl sites for hydroxylation is 2. The molecule has 0 aliphatic carbocycles. The Balaban J connectivity index is 1.84. The predicted octanol–water partition coefficient (Wildman–Crippen LogP) is 2.39. The predicted molar refractivity (Wildman–Crippen MR) is 73.1 cm³/mol. The molecular weight excluding hydrogens is 226 g/mol. The first kappa shape index (κ1) is 12.5. The summed E-state index contributed by atoms with van der Waals surface area (Å²) in [5.74, 6) is 1.83. The van der Waals surface area contributed by atoms with Gasteiger partial charge in [0.2, 0.25) is 0 Å². The Morgan fingerprint density at radius 2 is 2.00 bits per heavy atom. The number of aromatic nitrogens is 2. The third-order valence-corrected chi connectivity index (χ3v) is 2.99. The van der Waals surface area contributed by atoms with Crippen molar-refractivity contribution in [3.05, 3.63) is 41.6 Å². The van der Waals surface area contributed by atoms with Gasteiger partial charge in [-0.2, -0.15) is 5.10 Å². The number of benzene rings is 1. The molecule has 0 aliphatic heterocycles. The molecular formula is C14H19N3O. The normalized spacial score (nSPS) is 10.4. The summed E-state index contributed by atoms with van der Waals surface area (Å²) in [4.78, 5) is 0. The van der Waals surface area contributed by atoms with Crippen LogP contribution in [0.25, 0.3) is 0 Å². The fraction of sp³-hybridized carbons (Fsp3) is 0.357. The van der Waals surface area contributed by atoms with Crippen LogP contribution in [-0.2, 0) is 13.5 Å². The molecule has 96 valence electrons. The molecule has 18 heavy (non-hydrogen) atoms. The van der Waals surface area contributed by atoms with Gasteiger partial charge in [0.25, 0.3) is 0 Å². The van der Waals surface area contributed by atoms with Gasteiger partial charge < -0.3 is 10.1 Å². The molecule has 4 heteroatoms. The molecule has 0 saturated heterocycles. The van der Waals surface area contributed by atoms with Crippen molar-refractivity contribution in [2.75, 3.05) is 19.0 Å². The lowest BCUT2D eigenvalue weighted by atomic mass is 10.1. The van der Waals surface area contributed by atoms with E-state index in [1.54, 1.807) is 7.11 Å². The Kier molecular flexibility index (Phi) is 3.87. The van der Waals surface area contributed by atoms with E-state index in [-0.39, 0.29) is 0 Å². The highest BCUT2D eigenvalue weighted by atomic mass is 16.5. The van der Waals surface area contributed by atoms with Crippen LogP contribution in [0.3, 0.4) is 0 Å². The Morgan fingerprint density at radius 3 is 2.56 bits per heavy atom. The highest BCUT2D eigenvalue weighted by Crippen LogP contribution is 2.12. The molecule has 1 N–H and O–H groups in total.